The number of rotatable bonds is 3. The first-order valence-corrected chi connectivity index (χ1v) is 11.2. The van der Waals surface area contributed by atoms with E-state index in [0.717, 1.165) is 6.04 Å². The number of benzene rings is 3. The van der Waals surface area contributed by atoms with Crippen LogP contribution in [0, 0.1) is 0 Å². The van der Waals surface area contributed by atoms with Crippen LogP contribution < -0.4 is 0 Å². The lowest BCUT2D eigenvalue weighted by atomic mass is 9.70. The van der Waals surface area contributed by atoms with Gasteiger partial charge in [-0.05, 0) is 25.3 Å². The number of hydrogen-bond acceptors (Lipinski definition) is 0. The van der Waals surface area contributed by atoms with Gasteiger partial charge in [-0.25, -0.2) is 0 Å². The van der Waals surface area contributed by atoms with Crippen molar-refractivity contribution in [2.75, 3.05) is 0 Å². The zero-order valence-corrected chi connectivity index (χ0v) is 17.2. The summed E-state index contributed by atoms with van der Waals surface area (Å²) in [6.07, 6.45) is 4.03. The van der Waals surface area contributed by atoms with E-state index >= 15 is 0 Å². The third-order valence-corrected chi connectivity index (χ3v) is 10.1. The van der Waals surface area contributed by atoms with E-state index in [9.17, 15) is 0 Å². The summed E-state index contributed by atoms with van der Waals surface area (Å²) in [5.41, 5.74) is 9.23. The van der Waals surface area contributed by atoms with Crippen LogP contribution in [0.5, 0.6) is 0 Å². The molecule has 3 unspecified atom stereocenters. The Kier molecular flexibility index (Phi) is 2.18. The molecule has 4 heterocycles. The molecule has 0 amide bonds. The highest BCUT2D eigenvalue weighted by molar-refractivity contribution is 5.67. The second-order valence-electron chi connectivity index (χ2n) is 10.7. The molecule has 2 saturated heterocycles. The molecule has 0 radical (unpaired) electrons. The van der Waals surface area contributed by atoms with Crippen molar-refractivity contribution < 1.29 is 4.48 Å². The quantitative estimate of drug-likeness (QED) is 0.405. The summed E-state index contributed by atoms with van der Waals surface area (Å²) >= 11 is 0. The fourth-order valence-corrected chi connectivity index (χ4v) is 9.13. The average Bonchev–Trinajstić information content (AvgIpc) is 3.71. The molecule has 1 nitrogen and oxygen atoms in total. The normalized spacial score (nSPS) is 42.5. The number of quaternary nitrogens is 1. The minimum absolute atomic E-state index is 0.124. The second-order valence-corrected chi connectivity index (χ2v) is 10.7. The summed E-state index contributed by atoms with van der Waals surface area (Å²) in [6.45, 7) is 5.13. The Labute approximate surface area is 172 Å². The van der Waals surface area contributed by atoms with Gasteiger partial charge in [0.2, 0.25) is 6.04 Å². The Morgan fingerprint density at radius 2 is 1.28 bits per heavy atom. The summed E-state index contributed by atoms with van der Waals surface area (Å²) in [4.78, 5) is 0. The lowest BCUT2D eigenvalue weighted by molar-refractivity contribution is -0.833. The van der Waals surface area contributed by atoms with Crippen molar-refractivity contribution in [3.05, 3.63) is 107 Å². The fourth-order valence-electron chi connectivity index (χ4n) is 9.13. The van der Waals surface area contributed by atoms with E-state index in [2.05, 4.69) is 92.7 Å². The molecule has 5 aliphatic rings. The molecule has 5 atom stereocenters. The molecule has 3 fully saturated rings. The first kappa shape index (κ1) is 15.5. The highest BCUT2D eigenvalue weighted by Crippen LogP contribution is 2.98. The van der Waals surface area contributed by atoms with E-state index in [1.54, 1.807) is 27.8 Å². The van der Waals surface area contributed by atoms with Crippen molar-refractivity contribution in [1.82, 2.24) is 0 Å². The van der Waals surface area contributed by atoms with E-state index in [0.29, 0.717) is 16.5 Å². The average molecular weight is 377 g/mol. The molecule has 3 aromatic carbocycles. The Hall–Kier alpha value is -2.38. The predicted octanol–water partition coefficient (Wildman–Crippen LogP) is 5.72. The van der Waals surface area contributed by atoms with Crippen LogP contribution in [0.1, 0.15) is 60.9 Å². The van der Waals surface area contributed by atoms with Gasteiger partial charge in [-0.3, -0.25) is 4.48 Å². The molecule has 1 heteroatoms. The van der Waals surface area contributed by atoms with E-state index in [1.807, 2.05) is 0 Å². The molecule has 3 aromatic rings. The van der Waals surface area contributed by atoms with Crippen LogP contribution in [0.2, 0.25) is 0 Å². The minimum atomic E-state index is 0.124. The van der Waals surface area contributed by atoms with Gasteiger partial charge in [-0.2, -0.15) is 0 Å². The molecular weight excluding hydrogens is 350 g/mol. The molecule has 29 heavy (non-hydrogen) atoms. The van der Waals surface area contributed by atoms with Crippen LogP contribution >= 0.6 is 0 Å². The largest absolute Gasteiger partial charge is 0.270 e. The van der Waals surface area contributed by atoms with Crippen LogP contribution in [0.3, 0.4) is 0 Å². The summed E-state index contributed by atoms with van der Waals surface area (Å²) in [5.74, 6) is 0. The van der Waals surface area contributed by atoms with Gasteiger partial charge in [0.15, 0.2) is 16.6 Å². The molecule has 4 aliphatic heterocycles. The fraction of sp³-hybridized carbons (Fsp3) is 0.357. The van der Waals surface area contributed by atoms with Gasteiger partial charge in [-0.15, -0.1) is 0 Å². The van der Waals surface area contributed by atoms with E-state index < -0.39 is 0 Å². The van der Waals surface area contributed by atoms with Crippen LogP contribution in [-0.2, 0) is 22.0 Å². The van der Waals surface area contributed by atoms with Crippen LogP contribution in [0.15, 0.2) is 78.9 Å². The van der Waals surface area contributed by atoms with Gasteiger partial charge in [0, 0.05) is 41.0 Å². The number of nitrogens with zero attached hydrogens (tertiary/aromatic N) is 1. The maximum absolute atomic E-state index is 2.56. The molecule has 0 bridgehead atoms. The molecule has 1 spiro atoms. The van der Waals surface area contributed by atoms with Gasteiger partial charge < -0.3 is 0 Å². The molecule has 0 aromatic heterocycles. The highest BCUT2D eigenvalue weighted by Gasteiger charge is 3.15. The van der Waals surface area contributed by atoms with E-state index in [-0.39, 0.29) is 5.54 Å². The Morgan fingerprint density at radius 1 is 0.724 bits per heavy atom. The third-order valence-electron chi connectivity index (χ3n) is 10.1. The molecule has 8 rings (SSSR count). The lowest BCUT2D eigenvalue weighted by Crippen LogP contribution is -2.45. The highest BCUT2D eigenvalue weighted by atomic mass is 15.8. The maximum atomic E-state index is 2.56. The van der Waals surface area contributed by atoms with Gasteiger partial charge in [0.1, 0.15) is 0 Å². The maximum Gasteiger partial charge on any atom is 0.211 e. The summed E-state index contributed by atoms with van der Waals surface area (Å²) < 4.78 is 1.29. The molecule has 142 valence electrons. The predicted molar refractivity (Wildman–Crippen MR) is 114 cm³/mol. The standard InChI is InChI=1S/C28H26N/c1-25-20-12-6-7-13-21(20)26(2)24-28(29(24,25)26,23-15-9-8-14-22(23)25)18-27(16-17-27)19-10-4-3-5-11-19/h3-15,24H,16-18H2,1-2H3/q+1/t24?,25?,26-,28+,29?/m0/s1. The van der Waals surface area contributed by atoms with Crippen LogP contribution in [-0.4, -0.2) is 10.5 Å². The van der Waals surface area contributed by atoms with Crippen molar-refractivity contribution in [3.63, 3.8) is 0 Å². The van der Waals surface area contributed by atoms with Crippen molar-refractivity contribution in [3.8, 4) is 0 Å². The zero-order chi connectivity index (χ0) is 19.3. The molecular formula is C28H26N+. The van der Waals surface area contributed by atoms with Gasteiger partial charge in [0.05, 0.1) is 0 Å². The second kappa shape index (κ2) is 4.09. The van der Waals surface area contributed by atoms with Crippen LogP contribution in [0.25, 0.3) is 0 Å². The molecule has 0 N–H and O–H groups in total. The van der Waals surface area contributed by atoms with E-state index in [1.165, 1.54) is 23.7 Å². The Balaban J connectivity index is 1.37. The van der Waals surface area contributed by atoms with Crippen molar-refractivity contribution in [1.29, 1.82) is 0 Å². The smallest absolute Gasteiger partial charge is 0.211 e. The van der Waals surface area contributed by atoms with Crippen molar-refractivity contribution in [2.45, 2.75) is 61.2 Å². The SMILES string of the molecule is CC12c3ccccc3[C@@]3(C)C4[C@@](CC5(c6ccccc6)CC5)(c5ccccc51)[N+]423. The van der Waals surface area contributed by atoms with Gasteiger partial charge in [-0.1, -0.05) is 78.9 Å². The number of hydrogen-bond donors (Lipinski definition) is 0. The first-order valence-electron chi connectivity index (χ1n) is 11.2. The van der Waals surface area contributed by atoms with Crippen molar-refractivity contribution >= 4 is 0 Å². The minimum Gasteiger partial charge on any atom is -0.270 e. The number of fused-ring (bicyclic) bond motifs is 8. The topological polar surface area (TPSA) is 0 Å². The lowest BCUT2D eigenvalue weighted by Gasteiger charge is -2.33. The summed E-state index contributed by atoms with van der Waals surface area (Å²) in [6, 6.07) is 31.0. The summed E-state index contributed by atoms with van der Waals surface area (Å²) in [7, 11) is 0. The van der Waals surface area contributed by atoms with Crippen LogP contribution in [0.4, 0.5) is 0 Å². The summed E-state index contributed by atoms with van der Waals surface area (Å²) in [5, 5.41) is 0. The van der Waals surface area contributed by atoms with Gasteiger partial charge in [0.25, 0.3) is 0 Å². The Bertz CT molecular complexity index is 1240. The Morgan fingerprint density at radius 3 is 1.93 bits per heavy atom. The molecule has 1 saturated carbocycles. The third kappa shape index (κ3) is 1.19. The van der Waals surface area contributed by atoms with Gasteiger partial charge >= 0.3 is 0 Å². The molecule has 1 aliphatic carbocycles. The first-order chi connectivity index (χ1) is 14.1. The van der Waals surface area contributed by atoms with Crippen molar-refractivity contribution in [2.24, 2.45) is 0 Å². The van der Waals surface area contributed by atoms with E-state index in [4.69, 9.17) is 0 Å². The monoisotopic (exact) mass is 376 g/mol. The zero-order valence-electron chi connectivity index (χ0n) is 17.2.